The molecule has 7 nitrogen and oxygen atoms in total. The lowest BCUT2D eigenvalue weighted by atomic mass is 9.98. The molecule has 0 saturated heterocycles. The van der Waals surface area contributed by atoms with Gasteiger partial charge in [-0.2, -0.15) is 13.2 Å². The minimum absolute atomic E-state index is 0.0677. The zero-order valence-corrected chi connectivity index (χ0v) is 17.0. The molecule has 1 aliphatic heterocycles. The normalized spacial score (nSPS) is 17.9. The molecule has 0 spiro atoms. The first-order chi connectivity index (χ1) is 15.1. The van der Waals surface area contributed by atoms with Crippen molar-refractivity contribution in [1.82, 2.24) is 14.8 Å². The first-order valence-electron chi connectivity index (χ1n) is 9.13. The molecule has 168 valence electrons. The quantitative estimate of drug-likeness (QED) is 0.554. The van der Waals surface area contributed by atoms with Gasteiger partial charge in [-0.15, -0.1) is 10.2 Å². The van der Waals surface area contributed by atoms with E-state index >= 15 is 4.39 Å². The number of aromatic nitrogens is 3. The van der Waals surface area contributed by atoms with E-state index in [2.05, 4.69) is 10.2 Å². The highest BCUT2D eigenvalue weighted by atomic mass is 35.5. The number of aliphatic carboxylic acids is 1. The van der Waals surface area contributed by atoms with Crippen LogP contribution in [0.3, 0.4) is 0 Å². The summed E-state index contributed by atoms with van der Waals surface area (Å²) in [6.45, 7) is 0. The number of fused-ring (bicyclic) bond motifs is 3. The lowest BCUT2D eigenvalue weighted by molar-refractivity contribution is -0.146. The maximum atomic E-state index is 15.1. The van der Waals surface area contributed by atoms with Crippen LogP contribution in [0.15, 0.2) is 36.4 Å². The molecule has 1 aromatic heterocycles. The van der Waals surface area contributed by atoms with Gasteiger partial charge >= 0.3 is 12.1 Å². The molecule has 1 aliphatic rings. The van der Waals surface area contributed by atoms with Crippen LogP contribution < -0.4 is 4.74 Å². The first kappa shape index (κ1) is 22.0. The third-order valence-corrected chi connectivity index (χ3v) is 5.13. The van der Waals surface area contributed by atoms with E-state index in [1.54, 1.807) is 0 Å². The minimum Gasteiger partial charge on any atom is -0.494 e. The van der Waals surface area contributed by atoms with Crippen LogP contribution in [0.4, 0.5) is 17.6 Å². The Morgan fingerprint density at radius 2 is 2.00 bits per heavy atom. The summed E-state index contributed by atoms with van der Waals surface area (Å²) in [6.07, 6.45) is -8.43. The number of carboxylic acid groups (broad SMARTS) is 1. The van der Waals surface area contributed by atoms with Crippen molar-refractivity contribution in [3.8, 4) is 11.4 Å². The Morgan fingerprint density at radius 3 is 2.66 bits per heavy atom. The van der Waals surface area contributed by atoms with Crippen LogP contribution >= 0.6 is 11.6 Å². The van der Waals surface area contributed by atoms with Gasteiger partial charge in [0.1, 0.15) is 12.2 Å². The predicted molar refractivity (Wildman–Crippen MR) is 102 cm³/mol. The summed E-state index contributed by atoms with van der Waals surface area (Å²) in [5, 5.41) is 16.3. The molecular weight excluding hydrogens is 458 g/mol. The molecule has 0 saturated carbocycles. The second-order valence-electron chi connectivity index (χ2n) is 6.88. The summed E-state index contributed by atoms with van der Waals surface area (Å²) in [6, 6.07) is 8.16. The average Bonchev–Trinajstić information content (AvgIpc) is 3.12. The van der Waals surface area contributed by atoms with E-state index in [0.29, 0.717) is 4.57 Å². The molecule has 0 fully saturated rings. The number of alkyl halides is 3. The number of nitrogens with zero attached hydrogens (tertiary/aromatic N) is 3. The van der Waals surface area contributed by atoms with Crippen molar-refractivity contribution < 1.29 is 36.9 Å². The summed E-state index contributed by atoms with van der Waals surface area (Å²) in [5.74, 6) is -4.04. The van der Waals surface area contributed by atoms with Crippen molar-refractivity contribution in [1.29, 1.82) is 0 Å². The smallest absolute Gasteiger partial charge is 0.452 e. The van der Waals surface area contributed by atoms with Crippen molar-refractivity contribution in [3.63, 3.8) is 0 Å². The number of carboxylic acids is 1. The molecule has 2 atom stereocenters. The van der Waals surface area contributed by atoms with Crippen molar-refractivity contribution >= 4 is 17.6 Å². The number of benzene rings is 2. The molecule has 0 amide bonds. The van der Waals surface area contributed by atoms with Crippen LogP contribution in [0.25, 0.3) is 5.69 Å². The van der Waals surface area contributed by atoms with Gasteiger partial charge in [-0.25, -0.2) is 4.39 Å². The predicted octanol–water partition coefficient (Wildman–Crippen LogP) is 4.72. The first-order valence-corrected chi connectivity index (χ1v) is 9.51. The number of hydrogen-bond acceptors (Lipinski definition) is 5. The van der Waals surface area contributed by atoms with Crippen molar-refractivity contribution in [2.45, 2.75) is 24.8 Å². The van der Waals surface area contributed by atoms with E-state index in [0.717, 1.165) is 0 Å². The zero-order valence-electron chi connectivity index (χ0n) is 16.2. The Bertz CT molecular complexity index is 1200. The third-order valence-electron chi connectivity index (χ3n) is 4.90. The summed E-state index contributed by atoms with van der Waals surface area (Å²) >= 11 is 6.10. The fraction of sp³-hybridized carbons (Fsp3) is 0.250. The summed E-state index contributed by atoms with van der Waals surface area (Å²) in [5.41, 5.74) is -0.0681. The molecule has 0 radical (unpaired) electrons. The number of methoxy groups -OCH3 is 1. The Kier molecular flexibility index (Phi) is 5.55. The van der Waals surface area contributed by atoms with E-state index in [9.17, 15) is 23.1 Å². The maximum absolute atomic E-state index is 15.1. The number of rotatable bonds is 4. The van der Waals surface area contributed by atoms with E-state index < -0.39 is 42.4 Å². The Hall–Kier alpha value is -3.18. The molecule has 0 unspecified atom stereocenters. The van der Waals surface area contributed by atoms with E-state index in [4.69, 9.17) is 21.1 Å². The number of halogens is 5. The molecule has 0 aliphatic carbocycles. The van der Waals surface area contributed by atoms with Gasteiger partial charge in [-0.05, 0) is 24.3 Å². The number of carbonyl (C=O) groups is 1. The molecular formula is C20H14ClF4N3O4. The highest BCUT2D eigenvalue weighted by Gasteiger charge is 2.43. The lowest BCUT2D eigenvalue weighted by Crippen LogP contribution is -2.17. The topological polar surface area (TPSA) is 86.5 Å². The Morgan fingerprint density at radius 1 is 1.25 bits per heavy atom. The van der Waals surface area contributed by atoms with Gasteiger partial charge in [0.15, 0.2) is 17.4 Å². The zero-order chi connectivity index (χ0) is 23.2. The van der Waals surface area contributed by atoms with Crippen molar-refractivity contribution in [2.24, 2.45) is 0 Å². The van der Waals surface area contributed by atoms with Crippen LogP contribution in [-0.4, -0.2) is 33.0 Å². The molecule has 2 aromatic carbocycles. The highest BCUT2D eigenvalue weighted by molar-refractivity contribution is 6.30. The van der Waals surface area contributed by atoms with Gasteiger partial charge in [0, 0.05) is 16.1 Å². The number of ether oxygens (including phenoxy) is 2. The maximum Gasteiger partial charge on any atom is 0.452 e. The molecule has 4 rings (SSSR count). The van der Waals surface area contributed by atoms with Crippen LogP contribution in [0.2, 0.25) is 5.02 Å². The van der Waals surface area contributed by atoms with Gasteiger partial charge in [0.05, 0.1) is 19.2 Å². The second kappa shape index (κ2) is 8.06. The van der Waals surface area contributed by atoms with Crippen molar-refractivity contribution in [2.75, 3.05) is 7.11 Å². The molecule has 2 heterocycles. The van der Waals surface area contributed by atoms with Crippen LogP contribution in [0.1, 0.15) is 41.4 Å². The summed E-state index contributed by atoms with van der Waals surface area (Å²) in [7, 11) is 1.26. The monoisotopic (exact) mass is 471 g/mol. The number of hydrogen-bond donors (Lipinski definition) is 1. The van der Waals surface area contributed by atoms with Gasteiger partial charge < -0.3 is 14.6 Å². The van der Waals surface area contributed by atoms with Gasteiger partial charge in [0.25, 0.3) is 0 Å². The minimum atomic E-state index is -4.91. The average molecular weight is 472 g/mol. The van der Waals surface area contributed by atoms with Crippen LogP contribution in [0, 0.1) is 5.82 Å². The van der Waals surface area contributed by atoms with Crippen LogP contribution in [0.5, 0.6) is 5.75 Å². The molecule has 1 N–H and O–H groups in total. The second-order valence-corrected chi connectivity index (χ2v) is 7.32. The summed E-state index contributed by atoms with van der Waals surface area (Å²) < 4.78 is 67.8. The van der Waals surface area contributed by atoms with E-state index in [1.807, 2.05) is 0 Å². The highest BCUT2D eigenvalue weighted by Crippen LogP contribution is 2.45. The molecule has 32 heavy (non-hydrogen) atoms. The van der Waals surface area contributed by atoms with Crippen LogP contribution in [-0.2, 0) is 15.7 Å². The van der Waals surface area contributed by atoms with Gasteiger partial charge in [-0.3, -0.25) is 9.36 Å². The molecule has 12 heteroatoms. The molecule has 0 bridgehead atoms. The van der Waals surface area contributed by atoms with Gasteiger partial charge in [-0.1, -0.05) is 23.7 Å². The van der Waals surface area contributed by atoms with Crippen molar-refractivity contribution in [3.05, 3.63) is 70.0 Å². The Labute approximate surface area is 183 Å². The fourth-order valence-corrected chi connectivity index (χ4v) is 3.77. The largest absolute Gasteiger partial charge is 0.494 e. The SMILES string of the molecule is COc1cccc([C@H]2O[C@H](CC(=O)O)c3nnc(C(F)(F)F)n3-c3ccc(Cl)cc32)c1F. The standard InChI is InChI=1S/C20H14ClF4N3O4/c1-31-13-4-2-3-10(16(13)22)17-11-7-9(21)5-6-12(11)28-18(14(32-17)8-15(29)30)26-27-19(28)20(23,24)25/h2-7,14,17H,8H2,1H3,(H,29,30)/t14-,17-/m1/s1. The third kappa shape index (κ3) is 3.78. The Balaban J connectivity index is 2.03. The van der Waals surface area contributed by atoms with E-state index in [1.165, 1.54) is 43.5 Å². The van der Waals surface area contributed by atoms with E-state index in [-0.39, 0.29) is 33.4 Å². The lowest BCUT2D eigenvalue weighted by Gasteiger charge is -2.23. The van der Waals surface area contributed by atoms with Gasteiger partial charge in [0.2, 0.25) is 5.82 Å². The fourth-order valence-electron chi connectivity index (χ4n) is 3.59. The molecule has 3 aromatic rings. The summed E-state index contributed by atoms with van der Waals surface area (Å²) in [4.78, 5) is 11.5.